The molecule has 2 rings (SSSR count). The van der Waals surface area contributed by atoms with Crippen molar-refractivity contribution in [3.05, 3.63) is 30.6 Å². The van der Waals surface area contributed by atoms with Crippen LogP contribution in [0.2, 0.25) is 0 Å². The van der Waals surface area contributed by atoms with Crippen molar-refractivity contribution in [2.24, 2.45) is 0 Å². The van der Waals surface area contributed by atoms with Crippen molar-refractivity contribution in [3.63, 3.8) is 0 Å². The van der Waals surface area contributed by atoms with Crippen LogP contribution in [-0.2, 0) is 4.79 Å². The summed E-state index contributed by atoms with van der Waals surface area (Å²) in [5.74, 6) is 0. The van der Waals surface area contributed by atoms with E-state index in [9.17, 15) is 4.79 Å². The molecule has 1 aromatic heterocycles. The first-order valence-corrected chi connectivity index (χ1v) is 3.94. The molecule has 0 spiro atoms. The normalized spacial score (nSPS) is 9.71. The lowest BCUT2D eigenvalue weighted by Gasteiger charge is -2.01. The van der Waals surface area contributed by atoms with Crippen LogP contribution in [0.1, 0.15) is 0 Å². The van der Waals surface area contributed by atoms with E-state index in [1.54, 1.807) is 12.1 Å². The van der Waals surface area contributed by atoms with Gasteiger partial charge in [0.15, 0.2) is 0 Å². The lowest BCUT2D eigenvalue weighted by molar-refractivity contribution is -0.105. The summed E-state index contributed by atoms with van der Waals surface area (Å²) in [5, 5.41) is 13.3. The first kappa shape index (κ1) is 8.36. The van der Waals surface area contributed by atoms with E-state index in [1.165, 1.54) is 11.0 Å². The molecule has 70 valence electrons. The van der Waals surface area contributed by atoms with Crippen molar-refractivity contribution in [1.29, 1.82) is 0 Å². The fourth-order valence-electron chi connectivity index (χ4n) is 1.09. The molecule has 0 aliphatic heterocycles. The minimum absolute atomic E-state index is 0.624. The summed E-state index contributed by atoms with van der Waals surface area (Å²) in [6, 6.07) is 7.20. The van der Waals surface area contributed by atoms with E-state index in [4.69, 9.17) is 0 Å². The molecule has 0 atom stereocenters. The van der Waals surface area contributed by atoms with Crippen LogP contribution < -0.4 is 5.32 Å². The zero-order valence-corrected chi connectivity index (χ0v) is 7.16. The Morgan fingerprint density at radius 2 is 2.36 bits per heavy atom. The van der Waals surface area contributed by atoms with Crippen LogP contribution in [0.25, 0.3) is 5.69 Å². The molecule has 6 nitrogen and oxygen atoms in total. The third-order valence-corrected chi connectivity index (χ3v) is 1.69. The Kier molecular flexibility index (Phi) is 2.18. The molecular formula is C8H7N5O. The minimum atomic E-state index is 0.624. The van der Waals surface area contributed by atoms with Gasteiger partial charge in [-0.3, -0.25) is 4.79 Å². The molecular weight excluding hydrogens is 182 g/mol. The van der Waals surface area contributed by atoms with Gasteiger partial charge in [0.1, 0.15) is 6.33 Å². The Morgan fingerprint density at radius 1 is 1.43 bits per heavy atom. The summed E-state index contributed by atoms with van der Waals surface area (Å²) >= 11 is 0. The fraction of sp³-hybridized carbons (Fsp3) is 0. The van der Waals surface area contributed by atoms with E-state index in [0.717, 1.165) is 5.69 Å². The fourth-order valence-corrected chi connectivity index (χ4v) is 1.09. The van der Waals surface area contributed by atoms with Gasteiger partial charge in [-0.2, -0.15) is 0 Å². The molecule has 0 saturated heterocycles. The third kappa shape index (κ3) is 1.58. The van der Waals surface area contributed by atoms with Gasteiger partial charge in [0.25, 0.3) is 0 Å². The molecule has 0 bridgehead atoms. The van der Waals surface area contributed by atoms with Gasteiger partial charge in [-0.25, -0.2) is 4.68 Å². The standard InChI is InChI=1S/C8H7N5O/c14-6-9-7-2-1-3-8(4-7)13-5-10-11-12-13/h1-6H,(H,9,14). The van der Waals surface area contributed by atoms with E-state index in [1.807, 2.05) is 12.1 Å². The first-order chi connectivity index (χ1) is 6.90. The van der Waals surface area contributed by atoms with E-state index in [0.29, 0.717) is 12.1 Å². The molecule has 0 aliphatic rings. The molecule has 1 heterocycles. The van der Waals surface area contributed by atoms with Gasteiger partial charge < -0.3 is 5.32 Å². The summed E-state index contributed by atoms with van der Waals surface area (Å²) < 4.78 is 1.51. The van der Waals surface area contributed by atoms with Crippen LogP contribution in [0.5, 0.6) is 0 Å². The number of nitrogens with zero attached hydrogens (tertiary/aromatic N) is 4. The lowest BCUT2D eigenvalue weighted by atomic mass is 10.3. The second-order valence-corrected chi connectivity index (χ2v) is 2.57. The molecule has 0 saturated carbocycles. The van der Waals surface area contributed by atoms with Crippen LogP contribution in [0.15, 0.2) is 30.6 Å². The average molecular weight is 189 g/mol. The van der Waals surface area contributed by atoms with Gasteiger partial charge in [0, 0.05) is 5.69 Å². The number of hydrogen-bond donors (Lipinski definition) is 1. The summed E-state index contributed by atoms with van der Waals surface area (Å²) in [7, 11) is 0. The van der Waals surface area contributed by atoms with Crippen LogP contribution >= 0.6 is 0 Å². The smallest absolute Gasteiger partial charge is 0.211 e. The van der Waals surface area contributed by atoms with Gasteiger partial charge >= 0.3 is 0 Å². The summed E-state index contributed by atoms with van der Waals surface area (Å²) in [5.41, 5.74) is 1.50. The lowest BCUT2D eigenvalue weighted by Crippen LogP contribution is -1.98. The molecule has 0 radical (unpaired) electrons. The molecule has 0 aliphatic carbocycles. The summed E-state index contributed by atoms with van der Waals surface area (Å²) in [4.78, 5) is 10.2. The molecule has 1 N–H and O–H groups in total. The van der Waals surface area contributed by atoms with Crippen LogP contribution in [0.3, 0.4) is 0 Å². The predicted molar refractivity (Wildman–Crippen MR) is 48.8 cm³/mol. The number of anilines is 1. The summed E-state index contributed by atoms with van der Waals surface area (Å²) in [6.45, 7) is 0. The number of amides is 1. The average Bonchev–Trinajstić information content (AvgIpc) is 2.71. The van der Waals surface area contributed by atoms with Crippen molar-refractivity contribution in [2.45, 2.75) is 0 Å². The number of hydrogen-bond acceptors (Lipinski definition) is 4. The van der Waals surface area contributed by atoms with Crippen LogP contribution in [0.4, 0.5) is 5.69 Å². The number of nitrogens with one attached hydrogen (secondary N) is 1. The van der Waals surface area contributed by atoms with Crippen molar-refractivity contribution >= 4 is 12.1 Å². The molecule has 6 heteroatoms. The van der Waals surface area contributed by atoms with Gasteiger partial charge in [-0.1, -0.05) is 6.07 Å². The quantitative estimate of drug-likeness (QED) is 0.701. The zero-order valence-electron chi connectivity index (χ0n) is 7.16. The highest BCUT2D eigenvalue weighted by atomic mass is 16.1. The van der Waals surface area contributed by atoms with Crippen molar-refractivity contribution in [3.8, 4) is 5.69 Å². The second-order valence-electron chi connectivity index (χ2n) is 2.57. The Balaban J connectivity index is 2.35. The predicted octanol–water partition coefficient (Wildman–Crippen LogP) is 0.231. The highest BCUT2D eigenvalue weighted by Crippen LogP contribution is 2.11. The highest BCUT2D eigenvalue weighted by Gasteiger charge is 1.98. The zero-order chi connectivity index (χ0) is 9.80. The Morgan fingerprint density at radius 3 is 3.07 bits per heavy atom. The Labute approximate surface area is 79.5 Å². The SMILES string of the molecule is O=CNc1cccc(-n2cnnn2)c1. The van der Waals surface area contributed by atoms with Crippen LogP contribution in [-0.4, -0.2) is 26.6 Å². The molecule has 14 heavy (non-hydrogen) atoms. The van der Waals surface area contributed by atoms with Crippen LogP contribution in [0, 0.1) is 0 Å². The largest absolute Gasteiger partial charge is 0.329 e. The van der Waals surface area contributed by atoms with Crippen molar-refractivity contribution in [1.82, 2.24) is 20.2 Å². The van der Waals surface area contributed by atoms with Gasteiger partial charge in [-0.15, -0.1) is 5.10 Å². The molecule has 2 aromatic rings. The number of carbonyl (C=O) groups excluding carboxylic acids is 1. The van der Waals surface area contributed by atoms with E-state index in [-0.39, 0.29) is 0 Å². The van der Waals surface area contributed by atoms with Gasteiger partial charge in [0.05, 0.1) is 5.69 Å². The number of carbonyl (C=O) groups is 1. The summed E-state index contributed by atoms with van der Waals surface area (Å²) in [6.07, 6.45) is 2.11. The maximum absolute atomic E-state index is 10.2. The Hall–Kier alpha value is -2.24. The maximum Gasteiger partial charge on any atom is 0.211 e. The molecule has 0 fully saturated rings. The highest BCUT2D eigenvalue weighted by molar-refractivity contribution is 5.72. The van der Waals surface area contributed by atoms with E-state index >= 15 is 0 Å². The molecule has 0 unspecified atom stereocenters. The Bertz CT molecular complexity index is 425. The second kappa shape index (κ2) is 3.65. The van der Waals surface area contributed by atoms with Crippen molar-refractivity contribution < 1.29 is 4.79 Å². The van der Waals surface area contributed by atoms with E-state index < -0.39 is 0 Å². The number of rotatable bonds is 3. The molecule has 1 amide bonds. The number of tetrazole rings is 1. The number of aromatic nitrogens is 4. The van der Waals surface area contributed by atoms with Crippen molar-refractivity contribution in [2.75, 3.05) is 5.32 Å². The topological polar surface area (TPSA) is 72.7 Å². The maximum atomic E-state index is 10.2. The van der Waals surface area contributed by atoms with Gasteiger partial charge in [0.2, 0.25) is 6.41 Å². The first-order valence-electron chi connectivity index (χ1n) is 3.94. The molecule has 1 aromatic carbocycles. The van der Waals surface area contributed by atoms with E-state index in [2.05, 4.69) is 20.8 Å². The third-order valence-electron chi connectivity index (χ3n) is 1.69. The van der Waals surface area contributed by atoms with Gasteiger partial charge in [-0.05, 0) is 28.6 Å². The minimum Gasteiger partial charge on any atom is -0.329 e. The number of benzene rings is 1. The monoisotopic (exact) mass is 189 g/mol.